The molecule has 2 rings (SSSR count). The third kappa shape index (κ3) is 4.55. The summed E-state index contributed by atoms with van der Waals surface area (Å²) in [5, 5.41) is 2.78. The summed E-state index contributed by atoms with van der Waals surface area (Å²) in [5.41, 5.74) is 0.933. The zero-order valence-electron chi connectivity index (χ0n) is 12.5. The zero-order valence-corrected chi connectivity index (χ0v) is 12.5. The van der Waals surface area contributed by atoms with Crippen molar-refractivity contribution in [2.45, 2.75) is 51.6 Å². The standard InChI is InChI=1S/C16H23N3O2/c1-2-14-7-3-4-9-19(14)16(21)10-15(20)18-12-13-6-5-8-17-11-13/h5-6,8,11,14H,2-4,7,9-10,12H2,1H3,(H,18,20). The number of rotatable bonds is 5. The molecule has 1 N–H and O–H groups in total. The SMILES string of the molecule is CCC1CCCCN1C(=O)CC(=O)NCc1cccnc1. The van der Waals surface area contributed by atoms with E-state index in [0.717, 1.165) is 31.4 Å². The van der Waals surface area contributed by atoms with Crippen LogP contribution in [0.15, 0.2) is 24.5 Å². The van der Waals surface area contributed by atoms with Crippen LogP contribution in [0.25, 0.3) is 0 Å². The average Bonchev–Trinajstić information content (AvgIpc) is 2.53. The fraction of sp³-hybridized carbons (Fsp3) is 0.562. The lowest BCUT2D eigenvalue weighted by molar-refractivity contribution is -0.139. The van der Waals surface area contributed by atoms with E-state index in [1.54, 1.807) is 12.4 Å². The molecule has 1 saturated heterocycles. The summed E-state index contributed by atoms with van der Waals surface area (Å²) in [5.74, 6) is -0.269. The first kappa shape index (κ1) is 15.5. The Morgan fingerprint density at radius 3 is 3.00 bits per heavy atom. The molecular weight excluding hydrogens is 266 g/mol. The van der Waals surface area contributed by atoms with Gasteiger partial charge in [-0.25, -0.2) is 0 Å². The van der Waals surface area contributed by atoms with Crippen LogP contribution in [0.2, 0.25) is 0 Å². The van der Waals surface area contributed by atoms with Gasteiger partial charge in [0, 0.05) is 31.5 Å². The molecule has 1 fully saturated rings. The highest BCUT2D eigenvalue weighted by Gasteiger charge is 2.26. The lowest BCUT2D eigenvalue weighted by Crippen LogP contribution is -2.45. The van der Waals surface area contributed by atoms with E-state index >= 15 is 0 Å². The van der Waals surface area contributed by atoms with Crippen LogP contribution >= 0.6 is 0 Å². The molecule has 1 aromatic rings. The molecule has 5 heteroatoms. The van der Waals surface area contributed by atoms with E-state index in [1.165, 1.54) is 6.42 Å². The number of carbonyl (C=O) groups is 2. The molecular formula is C16H23N3O2. The van der Waals surface area contributed by atoms with Crippen molar-refractivity contribution >= 4 is 11.8 Å². The van der Waals surface area contributed by atoms with Gasteiger partial charge in [0.05, 0.1) is 0 Å². The van der Waals surface area contributed by atoms with E-state index in [2.05, 4.69) is 17.2 Å². The molecule has 2 amide bonds. The first-order chi connectivity index (χ1) is 10.2. The molecule has 2 heterocycles. The Morgan fingerprint density at radius 2 is 2.29 bits per heavy atom. The number of hydrogen-bond acceptors (Lipinski definition) is 3. The minimum atomic E-state index is -0.218. The van der Waals surface area contributed by atoms with Crippen molar-refractivity contribution in [2.24, 2.45) is 0 Å². The topological polar surface area (TPSA) is 62.3 Å². The summed E-state index contributed by atoms with van der Waals surface area (Å²) >= 11 is 0. The number of pyridine rings is 1. The van der Waals surface area contributed by atoms with E-state index in [1.807, 2.05) is 17.0 Å². The molecule has 5 nitrogen and oxygen atoms in total. The summed E-state index contributed by atoms with van der Waals surface area (Å²) in [7, 11) is 0. The quantitative estimate of drug-likeness (QED) is 0.842. The third-order valence-corrected chi connectivity index (χ3v) is 3.94. The smallest absolute Gasteiger partial charge is 0.232 e. The fourth-order valence-electron chi connectivity index (χ4n) is 2.76. The highest BCUT2D eigenvalue weighted by atomic mass is 16.2. The monoisotopic (exact) mass is 289 g/mol. The van der Waals surface area contributed by atoms with Crippen LogP contribution in [0.5, 0.6) is 0 Å². The number of carbonyl (C=O) groups excluding carboxylic acids is 2. The fourth-order valence-corrected chi connectivity index (χ4v) is 2.76. The number of aromatic nitrogens is 1. The van der Waals surface area contributed by atoms with Crippen molar-refractivity contribution in [1.82, 2.24) is 15.2 Å². The normalized spacial score (nSPS) is 18.3. The van der Waals surface area contributed by atoms with Crippen LogP contribution < -0.4 is 5.32 Å². The van der Waals surface area contributed by atoms with Gasteiger partial charge in [-0.3, -0.25) is 14.6 Å². The van der Waals surface area contributed by atoms with Crippen molar-refractivity contribution in [3.63, 3.8) is 0 Å². The number of piperidine rings is 1. The van der Waals surface area contributed by atoms with Gasteiger partial charge in [-0.2, -0.15) is 0 Å². The van der Waals surface area contributed by atoms with E-state index in [0.29, 0.717) is 12.6 Å². The molecule has 1 atom stereocenters. The van der Waals surface area contributed by atoms with Crippen LogP contribution in [0, 0.1) is 0 Å². The van der Waals surface area contributed by atoms with Gasteiger partial charge in [-0.05, 0) is 37.3 Å². The maximum Gasteiger partial charge on any atom is 0.232 e. The molecule has 1 aliphatic heterocycles. The second-order valence-corrected chi connectivity index (χ2v) is 5.46. The van der Waals surface area contributed by atoms with Crippen LogP contribution in [-0.4, -0.2) is 34.3 Å². The van der Waals surface area contributed by atoms with Crippen molar-refractivity contribution < 1.29 is 9.59 Å². The number of nitrogens with zero attached hydrogens (tertiary/aromatic N) is 2. The minimum absolute atomic E-state index is 0.0507. The predicted molar refractivity (Wildman–Crippen MR) is 80.3 cm³/mol. The van der Waals surface area contributed by atoms with Crippen LogP contribution in [-0.2, 0) is 16.1 Å². The second-order valence-electron chi connectivity index (χ2n) is 5.46. The zero-order chi connectivity index (χ0) is 15.1. The molecule has 0 aromatic carbocycles. The minimum Gasteiger partial charge on any atom is -0.352 e. The Labute approximate surface area is 125 Å². The lowest BCUT2D eigenvalue weighted by Gasteiger charge is -2.35. The van der Waals surface area contributed by atoms with Gasteiger partial charge in [-0.1, -0.05) is 13.0 Å². The first-order valence-electron chi connectivity index (χ1n) is 7.65. The van der Waals surface area contributed by atoms with Gasteiger partial charge in [0.25, 0.3) is 0 Å². The molecule has 0 bridgehead atoms. The summed E-state index contributed by atoms with van der Waals surface area (Å²) in [6.07, 6.45) is 7.57. The first-order valence-corrected chi connectivity index (χ1v) is 7.65. The third-order valence-electron chi connectivity index (χ3n) is 3.94. The summed E-state index contributed by atoms with van der Waals surface area (Å²) in [6, 6.07) is 4.02. The molecule has 0 aliphatic carbocycles. The molecule has 21 heavy (non-hydrogen) atoms. The Balaban J connectivity index is 1.80. The number of amides is 2. The number of hydrogen-bond donors (Lipinski definition) is 1. The Hall–Kier alpha value is -1.91. The van der Waals surface area contributed by atoms with Crippen molar-refractivity contribution in [3.8, 4) is 0 Å². The van der Waals surface area contributed by atoms with Crippen molar-refractivity contribution in [3.05, 3.63) is 30.1 Å². The maximum atomic E-state index is 12.2. The van der Waals surface area contributed by atoms with E-state index in [-0.39, 0.29) is 18.2 Å². The molecule has 0 saturated carbocycles. The maximum absolute atomic E-state index is 12.2. The van der Waals surface area contributed by atoms with E-state index in [4.69, 9.17) is 0 Å². The summed E-state index contributed by atoms with van der Waals surface area (Å²) in [4.78, 5) is 30.0. The molecule has 114 valence electrons. The average molecular weight is 289 g/mol. The van der Waals surface area contributed by atoms with Crippen LogP contribution in [0.3, 0.4) is 0 Å². The Kier molecular flexibility index (Phi) is 5.72. The Morgan fingerprint density at radius 1 is 1.43 bits per heavy atom. The largest absolute Gasteiger partial charge is 0.352 e. The molecule has 1 unspecified atom stereocenters. The molecule has 0 spiro atoms. The van der Waals surface area contributed by atoms with Crippen LogP contribution in [0.1, 0.15) is 44.6 Å². The van der Waals surface area contributed by atoms with E-state index in [9.17, 15) is 9.59 Å². The number of likely N-dealkylation sites (tertiary alicyclic amines) is 1. The van der Waals surface area contributed by atoms with Gasteiger partial charge >= 0.3 is 0 Å². The predicted octanol–water partition coefficient (Wildman–Crippen LogP) is 1.88. The van der Waals surface area contributed by atoms with Crippen LogP contribution in [0.4, 0.5) is 0 Å². The van der Waals surface area contributed by atoms with E-state index < -0.39 is 0 Å². The van der Waals surface area contributed by atoms with Gasteiger partial charge in [0.15, 0.2) is 0 Å². The summed E-state index contributed by atoms with van der Waals surface area (Å²) < 4.78 is 0. The number of nitrogens with one attached hydrogen (secondary N) is 1. The van der Waals surface area contributed by atoms with Gasteiger partial charge < -0.3 is 10.2 Å². The summed E-state index contributed by atoms with van der Waals surface area (Å²) in [6.45, 7) is 3.29. The molecule has 1 aromatic heterocycles. The highest BCUT2D eigenvalue weighted by Crippen LogP contribution is 2.20. The molecule has 1 aliphatic rings. The molecule has 0 radical (unpaired) electrons. The van der Waals surface area contributed by atoms with Gasteiger partial charge in [0.2, 0.25) is 11.8 Å². The van der Waals surface area contributed by atoms with Crippen molar-refractivity contribution in [1.29, 1.82) is 0 Å². The highest BCUT2D eigenvalue weighted by molar-refractivity contribution is 5.97. The van der Waals surface area contributed by atoms with Gasteiger partial charge in [-0.15, -0.1) is 0 Å². The lowest BCUT2D eigenvalue weighted by atomic mass is 9.99. The Bertz CT molecular complexity index is 476. The van der Waals surface area contributed by atoms with Crippen molar-refractivity contribution in [2.75, 3.05) is 6.54 Å². The van der Waals surface area contributed by atoms with Gasteiger partial charge in [0.1, 0.15) is 6.42 Å². The second kappa shape index (κ2) is 7.76.